The Morgan fingerprint density at radius 2 is 1.85 bits per heavy atom. The molecule has 0 radical (unpaired) electrons. The molecule has 3 heteroatoms. The van der Waals surface area contributed by atoms with Crippen LogP contribution in [0.25, 0.3) is 0 Å². The van der Waals surface area contributed by atoms with E-state index in [0.717, 1.165) is 12.8 Å². The SMILES string of the molecule is CN1C2CCCC1CC(C(N)=O)C2. The van der Waals surface area contributed by atoms with Crippen molar-refractivity contribution >= 4 is 5.91 Å². The van der Waals surface area contributed by atoms with E-state index in [1.54, 1.807) is 0 Å². The van der Waals surface area contributed by atoms with Gasteiger partial charge in [-0.3, -0.25) is 4.79 Å². The lowest BCUT2D eigenvalue weighted by molar-refractivity contribution is -0.125. The summed E-state index contributed by atoms with van der Waals surface area (Å²) in [6, 6.07) is 1.23. The van der Waals surface area contributed by atoms with Crippen LogP contribution in [0.5, 0.6) is 0 Å². The first kappa shape index (κ1) is 9.00. The minimum absolute atomic E-state index is 0.0926. The van der Waals surface area contributed by atoms with E-state index in [-0.39, 0.29) is 11.8 Å². The van der Waals surface area contributed by atoms with Crippen LogP contribution in [0.4, 0.5) is 0 Å². The van der Waals surface area contributed by atoms with Gasteiger partial charge in [-0.15, -0.1) is 0 Å². The van der Waals surface area contributed by atoms with E-state index in [4.69, 9.17) is 5.73 Å². The second-order valence-electron chi connectivity index (χ2n) is 4.47. The number of fused-ring (bicyclic) bond motifs is 2. The minimum atomic E-state index is -0.0926. The lowest BCUT2D eigenvalue weighted by Gasteiger charge is -2.46. The summed E-state index contributed by atoms with van der Waals surface area (Å²) in [7, 11) is 2.19. The van der Waals surface area contributed by atoms with Gasteiger partial charge in [0.2, 0.25) is 5.91 Å². The molecule has 2 bridgehead atoms. The van der Waals surface area contributed by atoms with Crippen molar-refractivity contribution in [2.45, 2.75) is 44.2 Å². The van der Waals surface area contributed by atoms with Gasteiger partial charge in [-0.25, -0.2) is 0 Å². The van der Waals surface area contributed by atoms with Crippen LogP contribution in [0.2, 0.25) is 0 Å². The molecule has 2 saturated heterocycles. The molecule has 2 heterocycles. The third kappa shape index (κ3) is 1.57. The van der Waals surface area contributed by atoms with Gasteiger partial charge in [-0.1, -0.05) is 6.42 Å². The summed E-state index contributed by atoms with van der Waals surface area (Å²) in [5.41, 5.74) is 5.36. The molecule has 2 fully saturated rings. The Kier molecular flexibility index (Phi) is 2.28. The molecule has 0 aliphatic carbocycles. The fraction of sp³-hybridized carbons (Fsp3) is 0.900. The van der Waals surface area contributed by atoms with Crippen LogP contribution in [-0.2, 0) is 4.79 Å². The van der Waals surface area contributed by atoms with Crippen molar-refractivity contribution in [3.05, 3.63) is 0 Å². The summed E-state index contributed by atoms with van der Waals surface area (Å²) in [5.74, 6) is 0.0523. The van der Waals surface area contributed by atoms with Crippen LogP contribution in [0.1, 0.15) is 32.1 Å². The van der Waals surface area contributed by atoms with E-state index in [9.17, 15) is 4.79 Å². The number of carbonyl (C=O) groups excluding carboxylic acids is 1. The van der Waals surface area contributed by atoms with E-state index in [0.29, 0.717) is 12.1 Å². The fourth-order valence-corrected chi connectivity index (χ4v) is 2.85. The van der Waals surface area contributed by atoms with Crippen LogP contribution in [0.3, 0.4) is 0 Å². The quantitative estimate of drug-likeness (QED) is 0.650. The molecule has 0 aromatic rings. The van der Waals surface area contributed by atoms with Gasteiger partial charge in [0.15, 0.2) is 0 Å². The zero-order valence-corrected chi connectivity index (χ0v) is 8.20. The number of amides is 1. The molecule has 2 unspecified atom stereocenters. The number of rotatable bonds is 1. The molecule has 2 rings (SSSR count). The van der Waals surface area contributed by atoms with Crippen molar-refractivity contribution in [3.63, 3.8) is 0 Å². The second kappa shape index (κ2) is 3.29. The Bertz CT molecular complexity index is 203. The predicted octanol–water partition coefficient (Wildman–Crippen LogP) is 0.735. The average molecular weight is 182 g/mol. The number of hydrogen-bond acceptors (Lipinski definition) is 2. The molecule has 2 aliphatic rings. The number of nitrogens with two attached hydrogens (primary N) is 1. The molecular formula is C10H18N2O. The maximum Gasteiger partial charge on any atom is 0.220 e. The van der Waals surface area contributed by atoms with Crippen LogP contribution < -0.4 is 5.73 Å². The van der Waals surface area contributed by atoms with Gasteiger partial charge in [0.05, 0.1) is 0 Å². The van der Waals surface area contributed by atoms with E-state index in [1.807, 2.05) is 0 Å². The molecule has 2 N–H and O–H groups in total. The van der Waals surface area contributed by atoms with Gasteiger partial charge in [-0.05, 0) is 32.7 Å². The lowest BCUT2D eigenvalue weighted by Crippen LogP contribution is -2.51. The van der Waals surface area contributed by atoms with E-state index in [1.165, 1.54) is 19.3 Å². The highest BCUT2D eigenvalue weighted by Gasteiger charge is 2.37. The third-order valence-corrected chi connectivity index (χ3v) is 3.74. The number of nitrogens with zero attached hydrogens (tertiary/aromatic N) is 1. The van der Waals surface area contributed by atoms with Crippen molar-refractivity contribution in [1.82, 2.24) is 4.90 Å². The van der Waals surface area contributed by atoms with Crippen LogP contribution in [-0.4, -0.2) is 29.9 Å². The molecule has 13 heavy (non-hydrogen) atoms. The normalized spacial score (nSPS) is 40.2. The summed E-state index contributed by atoms with van der Waals surface area (Å²) in [6.07, 6.45) is 5.80. The van der Waals surface area contributed by atoms with Gasteiger partial charge in [0.25, 0.3) is 0 Å². The van der Waals surface area contributed by atoms with Crippen LogP contribution in [0, 0.1) is 5.92 Å². The smallest absolute Gasteiger partial charge is 0.220 e. The van der Waals surface area contributed by atoms with Crippen molar-refractivity contribution in [3.8, 4) is 0 Å². The molecule has 0 aromatic heterocycles. The molecule has 3 nitrogen and oxygen atoms in total. The van der Waals surface area contributed by atoms with Crippen LogP contribution >= 0.6 is 0 Å². The summed E-state index contributed by atoms with van der Waals surface area (Å²) in [6.45, 7) is 0. The maximum absolute atomic E-state index is 11.1. The highest BCUT2D eigenvalue weighted by atomic mass is 16.1. The standard InChI is InChI=1S/C10H18N2O/c1-12-8-3-2-4-9(12)6-7(5-8)10(11)13/h7-9H,2-6H2,1H3,(H2,11,13). The average Bonchev–Trinajstić information content (AvgIpc) is 2.02. The van der Waals surface area contributed by atoms with Crippen molar-refractivity contribution < 1.29 is 4.79 Å². The van der Waals surface area contributed by atoms with Crippen LogP contribution in [0.15, 0.2) is 0 Å². The number of primary amides is 1. The number of carbonyl (C=O) groups is 1. The molecule has 2 atom stereocenters. The predicted molar refractivity (Wildman–Crippen MR) is 51.1 cm³/mol. The minimum Gasteiger partial charge on any atom is -0.369 e. The summed E-state index contributed by atoms with van der Waals surface area (Å²) in [5, 5.41) is 0. The van der Waals surface area contributed by atoms with Crippen molar-refractivity contribution in [2.75, 3.05) is 7.05 Å². The van der Waals surface area contributed by atoms with Gasteiger partial charge < -0.3 is 10.6 Å². The van der Waals surface area contributed by atoms with Gasteiger partial charge in [-0.2, -0.15) is 0 Å². The van der Waals surface area contributed by atoms with E-state index >= 15 is 0 Å². The Hall–Kier alpha value is -0.570. The summed E-state index contributed by atoms with van der Waals surface area (Å²) in [4.78, 5) is 13.5. The summed E-state index contributed by atoms with van der Waals surface area (Å²) < 4.78 is 0. The topological polar surface area (TPSA) is 46.3 Å². The Labute approximate surface area is 79.3 Å². The van der Waals surface area contributed by atoms with Crippen molar-refractivity contribution in [2.24, 2.45) is 11.7 Å². The zero-order chi connectivity index (χ0) is 9.42. The molecular weight excluding hydrogens is 164 g/mol. The van der Waals surface area contributed by atoms with Gasteiger partial charge in [0.1, 0.15) is 0 Å². The highest BCUT2D eigenvalue weighted by Crippen LogP contribution is 2.35. The number of hydrogen-bond donors (Lipinski definition) is 1. The first-order valence-corrected chi connectivity index (χ1v) is 5.19. The molecule has 2 aliphatic heterocycles. The van der Waals surface area contributed by atoms with E-state index < -0.39 is 0 Å². The Morgan fingerprint density at radius 3 is 2.31 bits per heavy atom. The molecule has 74 valence electrons. The largest absolute Gasteiger partial charge is 0.369 e. The van der Waals surface area contributed by atoms with Gasteiger partial charge >= 0.3 is 0 Å². The zero-order valence-electron chi connectivity index (χ0n) is 8.20. The fourth-order valence-electron chi connectivity index (χ4n) is 2.85. The molecule has 0 aromatic carbocycles. The first-order valence-electron chi connectivity index (χ1n) is 5.19. The lowest BCUT2D eigenvalue weighted by atomic mass is 9.78. The Balaban J connectivity index is 2.07. The monoisotopic (exact) mass is 182 g/mol. The molecule has 1 amide bonds. The van der Waals surface area contributed by atoms with Gasteiger partial charge in [0, 0.05) is 18.0 Å². The van der Waals surface area contributed by atoms with Crippen molar-refractivity contribution in [1.29, 1.82) is 0 Å². The first-order chi connectivity index (χ1) is 6.18. The molecule has 0 saturated carbocycles. The molecule has 0 spiro atoms. The maximum atomic E-state index is 11.1. The third-order valence-electron chi connectivity index (χ3n) is 3.74. The van der Waals surface area contributed by atoms with E-state index in [2.05, 4.69) is 11.9 Å². The summed E-state index contributed by atoms with van der Waals surface area (Å²) >= 11 is 0. The Morgan fingerprint density at radius 1 is 1.31 bits per heavy atom. The number of piperidine rings is 2. The second-order valence-corrected chi connectivity index (χ2v) is 4.47. The highest BCUT2D eigenvalue weighted by molar-refractivity contribution is 5.76.